The number of phenolic OH excluding ortho intramolecular Hbond substituents is 1. The molecule has 0 spiro atoms. The van der Waals surface area contributed by atoms with E-state index in [0.717, 1.165) is 52.7 Å². The number of benzene rings is 4. The number of aliphatic hydroxyl groups excluding tert-OH is 1. The molecule has 2 fully saturated rings. The monoisotopic (exact) mass is 568 g/mol. The quantitative estimate of drug-likeness (QED) is 0.141. The van der Waals surface area contributed by atoms with Crippen LogP contribution in [0.15, 0.2) is 97.1 Å². The van der Waals surface area contributed by atoms with E-state index in [1.165, 1.54) is 0 Å². The number of ether oxygens (including phenoxy) is 5. The van der Waals surface area contributed by atoms with E-state index in [1.807, 2.05) is 48.5 Å². The largest absolute Gasteiger partial charge is 0.508 e. The second kappa shape index (κ2) is 13.3. The molecule has 42 heavy (non-hydrogen) atoms. The number of hydrogen-bond acceptors (Lipinski definition) is 7. The second-order valence-electron chi connectivity index (χ2n) is 10.7. The Morgan fingerprint density at radius 1 is 0.571 bits per heavy atom. The molecular weight excluding hydrogens is 532 g/mol. The van der Waals surface area contributed by atoms with Gasteiger partial charge in [0.25, 0.3) is 0 Å². The van der Waals surface area contributed by atoms with Crippen molar-refractivity contribution < 1.29 is 33.9 Å². The van der Waals surface area contributed by atoms with E-state index in [1.54, 1.807) is 12.1 Å². The van der Waals surface area contributed by atoms with Gasteiger partial charge in [0.2, 0.25) is 0 Å². The summed E-state index contributed by atoms with van der Waals surface area (Å²) >= 11 is 0. The first-order valence-corrected chi connectivity index (χ1v) is 14.5. The highest BCUT2D eigenvalue weighted by atomic mass is 16.6. The summed E-state index contributed by atoms with van der Waals surface area (Å²) in [7, 11) is 0. The van der Waals surface area contributed by atoms with Crippen LogP contribution in [-0.4, -0.2) is 62.1 Å². The van der Waals surface area contributed by atoms with Crippen LogP contribution < -0.4 is 14.2 Å². The van der Waals surface area contributed by atoms with E-state index in [-0.39, 0.29) is 36.4 Å². The summed E-state index contributed by atoms with van der Waals surface area (Å²) in [6.07, 6.45) is 0.971. The molecule has 4 aromatic carbocycles. The van der Waals surface area contributed by atoms with Crippen LogP contribution in [0.5, 0.6) is 23.0 Å². The van der Waals surface area contributed by atoms with Gasteiger partial charge in [0.1, 0.15) is 48.4 Å². The fourth-order valence-corrected chi connectivity index (χ4v) is 5.11. The summed E-state index contributed by atoms with van der Waals surface area (Å²) in [5.41, 5.74) is 4.44. The fraction of sp³-hybridized carbons (Fsp3) is 0.314. The van der Waals surface area contributed by atoms with Crippen LogP contribution in [0.2, 0.25) is 0 Å². The van der Waals surface area contributed by atoms with Crippen LogP contribution >= 0.6 is 0 Å². The number of rotatable bonds is 15. The molecule has 4 aromatic rings. The Morgan fingerprint density at radius 2 is 0.929 bits per heavy atom. The van der Waals surface area contributed by atoms with Crippen LogP contribution in [0.1, 0.15) is 40.5 Å². The van der Waals surface area contributed by atoms with Crippen LogP contribution in [0.4, 0.5) is 0 Å². The molecule has 2 aliphatic heterocycles. The van der Waals surface area contributed by atoms with Crippen molar-refractivity contribution in [2.75, 3.05) is 39.6 Å². The Morgan fingerprint density at radius 3 is 1.29 bits per heavy atom. The molecule has 2 heterocycles. The van der Waals surface area contributed by atoms with Crippen molar-refractivity contribution in [1.82, 2.24) is 0 Å². The first-order chi connectivity index (χ1) is 20.7. The maximum atomic E-state index is 10.1. The molecule has 2 aliphatic rings. The maximum Gasteiger partial charge on any atom is 0.119 e. The topological polar surface area (TPSA) is 93.2 Å². The van der Waals surface area contributed by atoms with E-state index in [9.17, 15) is 5.11 Å². The first-order valence-electron chi connectivity index (χ1n) is 14.5. The van der Waals surface area contributed by atoms with Crippen molar-refractivity contribution in [2.45, 2.75) is 30.5 Å². The zero-order chi connectivity index (χ0) is 28.7. The molecule has 4 unspecified atom stereocenters. The highest BCUT2D eigenvalue weighted by Gasteiger charge is 2.29. The standard InChI is InChI=1S/C35H36O7/c36-18-1-19-38-29-12-4-25(5-13-29)35(27-8-16-31(17-9-27)40-21-33-23-42-33)34(24-2-10-28(37)11-3-24)26-6-14-30(15-7-26)39-20-32-22-41-32/h2-17,32-37H,1,18-23H2. The number of aliphatic hydroxyl groups is 1. The molecular formula is C35H36O7. The highest BCUT2D eigenvalue weighted by Crippen LogP contribution is 2.44. The van der Waals surface area contributed by atoms with Crippen molar-refractivity contribution in [3.8, 4) is 23.0 Å². The molecule has 0 saturated carbocycles. The van der Waals surface area contributed by atoms with Crippen molar-refractivity contribution in [1.29, 1.82) is 0 Å². The van der Waals surface area contributed by atoms with Gasteiger partial charge in [0.05, 0.1) is 19.8 Å². The lowest BCUT2D eigenvalue weighted by Crippen LogP contribution is -2.15. The van der Waals surface area contributed by atoms with Gasteiger partial charge in [-0.15, -0.1) is 0 Å². The number of hydrogen-bond donors (Lipinski definition) is 2. The van der Waals surface area contributed by atoms with Gasteiger partial charge < -0.3 is 33.9 Å². The van der Waals surface area contributed by atoms with Crippen LogP contribution in [0, 0.1) is 0 Å². The Balaban J connectivity index is 1.36. The third-order valence-corrected chi connectivity index (χ3v) is 7.55. The minimum absolute atomic E-state index is 0.0616. The number of phenols is 1. The van der Waals surface area contributed by atoms with Gasteiger partial charge >= 0.3 is 0 Å². The molecule has 218 valence electrons. The third kappa shape index (κ3) is 7.42. The van der Waals surface area contributed by atoms with Gasteiger partial charge in [-0.1, -0.05) is 48.5 Å². The number of aromatic hydroxyl groups is 1. The van der Waals surface area contributed by atoms with Crippen molar-refractivity contribution in [3.05, 3.63) is 119 Å². The van der Waals surface area contributed by atoms with Gasteiger partial charge in [-0.05, 0) is 70.8 Å². The highest BCUT2D eigenvalue weighted by molar-refractivity contribution is 5.48. The normalized spacial score (nSPS) is 18.6. The molecule has 4 atom stereocenters. The minimum atomic E-state index is -0.0702. The summed E-state index contributed by atoms with van der Waals surface area (Å²) in [5.74, 6) is 2.47. The van der Waals surface area contributed by atoms with Gasteiger partial charge in [-0.3, -0.25) is 0 Å². The molecule has 0 bridgehead atoms. The number of epoxide rings is 2. The van der Waals surface area contributed by atoms with E-state index in [2.05, 4.69) is 36.4 Å². The fourth-order valence-electron chi connectivity index (χ4n) is 5.11. The molecule has 2 saturated heterocycles. The van der Waals surface area contributed by atoms with Crippen molar-refractivity contribution >= 4 is 0 Å². The van der Waals surface area contributed by atoms with Crippen LogP contribution in [0.25, 0.3) is 0 Å². The molecule has 7 heteroatoms. The molecule has 0 aliphatic carbocycles. The van der Waals surface area contributed by atoms with Gasteiger partial charge in [-0.25, -0.2) is 0 Å². The Labute approximate surface area is 246 Å². The zero-order valence-electron chi connectivity index (χ0n) is 23.4. The van der Waals surface area contributed by atoms with E-state index < -0.39 is 0 Å². The van der Waals surface area contributed by atoms with Crippen LogP contribution in [0.3, 0.4) is 0 Å². The Bertz CT molecular complexity index is 1390. The summed E-state index contributed by atoms with van der Waals surface area (Å²) < 4.78 is 28.2. The first kappa shape index (κ1) is 28.1. The van der Waals surface area contributed by atoms with Gasteiger partial charge in [0, 0.05) is 24.9 Å². The van der Waals surface area contributed by atoms with E-state index in [0.29, 0.717) is 26.2 Å². The molecule has 0 radical (unpaired) electrons. The second-order valence-corrected chi connectivity index (χ2v) is 10.7. The average molecular weight is 569 g/mol. The Hall–Kier alpha value is -4.04. The molecule has 6 rings (SSSR count). The lowest BCUT2D eigenvalue weighted by molar-refractivity contribution is 0.233. The smallest absolute Gasteiger partial charge is 0.119 e. The minimum Gasteiger partial charge on any atom is -0.508 e. The Kier molecular flexibility index (Phi) is 8.89. The van der Waals surface area contributed by atoms with Gasteiger partial charge in [-0.2, -0.15) is 0 Å². The van der Waals surface area contributed by atoms with Crippen LogP contribution in [-0.2, 0) is 9.47 Å². The average Bonchev–Trinajstić information content (AvgIpc) is 3.96. The third-order valence-electron chi connectivity index (χ3n) is 7.55. The maximum absolute atomic E-state index is 10.1. The summed E-state index contributed by atoms with van der Waals surface area (Å²) in [6, 6.07) is 32.2. The lowest BCUT2D eigenvalue weighted by Gasteiger charge is -2.30. The molecule has 0 amide bonds. The summed E-state index contributed by atoms with van der Waals surface area (Å²) in [5, 5.41) is 19.2. The zero-order valence-corrected chi connectivity index (χ0v) is 23.4. The predicted octanol–water partition coefficient (Wildman–Crippen LogP) is 5.67. The lowest BCUT2D eigenvalue weighted by atomic mass is 9.73. The molecule has 7 nitrogen and oxygen atoms in total. The van der Waals surface area contributed by atoms with Crippen molar-refractivity contribution in [2.24, 2.45) is 0 Å². The predicted molar refractivity (Wildman–Crippen MR) is 159 cm³/mol. The van der Waals surface area contributed by atoms with E-state index in [4.69, 9.17) is 28.8 Å². The SMILES string of the molecule is OCCCOc1ccc(C(c2ccc(OCC3CO3)cc2)C(c2ccc(O)cc2)c2ccc(OCC3CO3)cc2)cc1. The molecule has 2 N–H and O–H groups in total. The summed E-state index contributed by atoms with van der Waals surface area (Å²) in [4.78, 5) is 0. The van der Waals surface area contributed by atoms with Gasteiger partial charge in [0.15, 0.2) is 0 Å². The molecule has 0 aromatic heterocycles. The summed E-state index contributed by atoms with van der Waals surface area (Å²) in [6.45, 7) is 3.18. The van der Waals surface area contributed by atoms with E-state index >= 15 is 0 Å². The van der Waals surface area contributed by atoms with Crippen molar-refractivity contribution in [3.63, 3.8) is 0 Å².